The molecule has 0 radical (unpaired) electrons. The molecular weight excluding hydrogens is 374 g/mol. The van der Waals surface area contributed by atoms with E-state index in [1.165, 1.54) is 10.4 Å². The van der Waals surface area contributed by atoms with E-state index in [4.69, 9.17) is 0 Å². The topological polar surface area (TPSA) is 46.1 Å². The van der Waals surface area contributed by atoms with Crippen LogP contribution < -0.4 is 4.90 Å². The quantitative estimate of drug-likeness (QED) is 0.458. The van der Waals surface area contributed by atoms with Crippen LogP contribution in [0, 0.1) is 6.92 Å². The third kappa shape index (κ3) is 3.60. The van der Waals surface area contributed by atoms with Crippen molar-refractivity contribution in [2.45, 2.75) is 50.3 Å². The maximum atomic E-state index is 13.2. The number of hydrogen-bond donors (Lipinski definition) is 0. The number of carbonyl (C=O) groups excluding carboxylic acids is 1. The maximum Gasteiger partial charge on any atom is 0.240 e. The van der Waals surface area contributed by atoms with Gasteiger partial charge >= 0.3 is 0 Å². The van der Waals surface area contributed by atoms with Gasteiger partial charge in [0.05, 0.1) is 5.25 Å². The SMILES string of the molecule is CCc1cc2c(SC(C)C(=O)N3CCCc4ccccc43)nc(C)nc2s1. The van der Waals surface area contributed by atoms with Crippen molar-refractivity contribution in [3.8, 4) is 0 Å². The normalized spacial score (nSPS) is 15.0. The Kier molecular flexibility index (Phi) is 5.19. The van der Waals surface area contributed by atoms with Crippen LogP contribution in [0.5, 0.6) is 0 Å². The maximum absolute atomic E-state index is 13.2. The number of nitrogens with zero attached hydrogens (tertiary/aromatic N) is 3. The molecule has 1 atom stereocenters. The molecule has 0 saturated carbocycles. The predicted octanol–water partition coefficient (Wildman–Crippen LogP) is 5.02. The fourth-order valence-corrected chi connectivity index (χ4v) is 5.62. The Hall–Kier alpha value is -1.92. The highest BCUT2D eigenvalue weighted by Gasteiger charge is 2.27. The lowest BCUT2D eigenvalue weighted by molar-refractivity contribution is -0.117. The number of carbonyl (C=O) groups is 1. The lowest BCUT2D eigenvalue weighted by atomic mass is 10.0. The third-order valence-electron chi connectivity index (χ3n) is 4.88. The summed E-state index contributed by atoms with van der Waals surface area (Å²) in [6.07, 6.45) is 3.05. The summed E-state index contributed by atoms with van der Waals surface area (Å²) in [5.74, 6) is 0.917. The summed E-state index contributed by atoms with van der Waals surface area (Å²) in [7, 11) is 0. The number of fused-ring (bicyclic) bond motifs is 2. The molecule has 0 aliphatic carbocycles. The number of aryl methyl sites for hydroxylation is 3. The van der Waals surface area contributed by atoms with Crippen molar-refractivity contribution < 1.29 is 4.79 Å². The monoisotopic (exact) mass is 397 g/mol. The second kappa shape index (κ2) is 7.60. The van der Waals surface area contributed by atoms with Crippen molar-refractivity contribution in [3.05, 3.63) is 46.6 Å². The fourth-order valence-electron chi connectivity index (χ4n) is 3.51. The van der Waals surface area contributed by atoms with E-state index < -0.39 is 0 Å². The molecule has 0 bridgehead atoms. The predicted molar refractivity (Wildman–Crippen MR) is 114 cm³/mol. The van der Waals surface area contributed by atoms with Crippen molar-refractivity contribution in [1.29, 1.82) is 0 Å². The standard InChI is InChI=1S/C21H23N3OS2/c1-4-16-12-17-19(22-14(3)23-20(17)27-16)26-13(2)21(25)24-11-7-9-15-8-5-6-10-18(15)24/h5-6,8,10,12-13H,4,7,9,11H2,1-3H3. The van der Waals surface area contributed by atoms with Crippen LogP contribution in [0.2, 0.25) is 0 Å². The molecule has 3 heterocycles. The van der Waals surface area contributed by atoms with Crippen LogP contribution >= 0.6 is 23.1 Å². The fraction of sp³-hybridized carbons (Fsp3) is 0.381. The van der Waals surface area contributed by atoms with Gasteiger partial charge in [0.1, 0.15) is 15.7 Å². The first-order valence-electron chi connectivity index (χ1n) is 9.40. The van der Waals surface area contributed by atoms with E-state index >= 15 is 0 Å². The van der Waals surface area contributed by atoms with E-state index in [1.807, 2.05) is 30.9 Å². The number of amides is 1. The zero-order valence-electron chi connectivity index (χ0n) is 15.9. The highest BCUT2D eigenvalue weighted by Crippen LogP contribution is 2.35. The Labute approximate surface area is 168 Å². The molecule has 1 aliphatic rings. The molecule has 4 nitrogen and oxygen atoms in total. The van der Waals surface area contributed by atoms with Crippen LogP contribution in [-0.4, -0.2) is 27.7 Å². The van der Waals surface area contributed by atoms with E-state index in [9.17, 15) is 4.79 Å². The number of anilines is 1. The number of hydrogen-bond acceptors (Lipinski definition) is 5. The van der Waals surface area contributed by atoms with E-state index in [1.54, 1.807) is 23.1 Å². The number of benzene rings is 1. The first kappa shape index (κ1) is 18.4. The summed E-state index contributed by atoms with van der Waals surface area (Å²) >= 11 is 3.27. The van der Waals surface area contributed by atoms with Crippen molar-refractivity contribution in [1.82, 2.24) is 9.97 Å². The van der Waals surface area contributed by atoms with Crippen molar-refractivity contribution in [2.24, 2.45) is 0 Å². The second-order valence-electron chi connectivity index (χ2n) is 6.84. The summed E-state index contributed by atoms with van der Waals surface area (Å²) in [4.78, 5) is 26.7. The van der Waals surface area contributed by atoms with Gasteiger partial charge in [-0.1, -0.05) is 36.9 Å². The molecule has 27 heavy (non-hydrogen) atoms. The first-order valence-corrected chi connectivity index (χ1v) is 11.1. The van der Waals surface area contributed by atoms with E-state index in [0.717, 1.165) is 52.6 Å². The first-order chi connectivity index (χ1) is 13.1. The van der Waals surface area contributed by atoms with Crippen LogP contribution in [0.25, 0.3) is 10.2 Å². The Balaban J connectivity index is 1.61. The Morgan fingerprint density at radius 1 is 1.33 bits per heavy atom. The summed E-state index contributed by atoms with van der Waals surface area (Å²) in [5, 5.41) is 1.80. The van der Waals surface area contributed by atoms with Crippen LogP contribution in [0.1, 0.15) is 36.5 Å². The minimum absolute atomic E-state index is 0.155. The summed E-state index contributed by atoms with van der Waals surface area (Å²) in [5.41, 5.74) is 2.33. The van der Waals surface area contributed by atoms with Crippen LogP contribution in [0.4, 0.5) is 5.69 Å². The van der Waals surface area contributed by atoms with Crippen LogP contribution in [-0.2, 0) is 17.6 Å². The van der Waals surface area contributed by atoms with Gasteiger partial charge in [-0.15, -0.1) is 11.3 Å². The molecule has 1 amide bonds. The number of thiophene rings is 1. The Morgan fingerprint density at radius 3 is 2.96 bits per heavy atom. The number of aromatic nitrogens is 2. The van der Waals surface area contributed by atoms with Crippen LogP contribution in [0.3, 0.4) is 0 Å². The van der Waals surface area contributed by atoms with Gasteiger partial charge in [-0.05, 0) is 50.8 Å². The zero-order chi connectivity index (χ0) is 19.0. The smallest absolute Gasteiger partial charge is 0.240 e. The molecule has 1 aliphatic heterocycles. The van der Waals surface area contributed by atoms with Gasteiger partial charge in [-0.3, -0.25) is 4.79 Å². The molecule has 140 valence electrons. The van der Waals surface area contributed by atoms with Crippen molar-refractivity contribution in [3.63, 3.8) is 0 Å². The van der Waals surface area contributed by atoms with Gasteiger partial charge in [0.25, 0.3) is 0 Å². The molecule has 3 aromatic rings. The molecule has 0 saturated heterocycles. The lowest BCUT2D eigenvalue weighted by Crippen LogP contribution is -2.40. The number of para-hydroxylation sites is 1. The lowest BCUT2D eigenvalue weighted by Gasteiger charge is -2.31. The van der Waals surface area contributed by atoms with Gasteiger partial charge in [-0.25, -0.2) is 9.97 Å². The Morgan fingerprint density at radius 2 is 2.15 bits per heavy atom. The highest BCUT2D eigenvalue weighted by atomic mass is 32.2. The molecular formula is C21H23N3OS2. The third-order valence-corrected chi connectivity index (χ3v) is 7.14. The largest absolute Gasteiger partial charge is 0.311 e. The zero-order valence-corrected chi connectivity index (χ0v) is 17.5. The number of thioether (sulfide) groups is 1. The van der Waals surface area contributed by atoms with Gasteiger partial charge in [0.15, 0.2) is 0 Å². The van der Waals surface area contributed by atoms with E-state index in [-0.39, 0.29) is 11.2 Å². The van der Waals surface area contributed by atoms with Crippen molar-refractivity contribution in [2.75, 3.05) is 11.4 Å². The van der Waals surface area contributed by atoms with Gasteiger partial charge < -0.3 is 4.90 Å². The summed E-state index contributed by atoms with van der Waals surface area (Å²) in [6, 6.07) is 10.4. The molecule has 6 heteroatoms. The average Bonchev–Trinajstić information content (AvgIpc) is 3.10. The molecule has 1 aromatic carbocycles. The van der Waals surface area contributed by atoms with Gasteiger partial charge in [0.2, 0.25) is 5.91 Å². The minimum Gasteiger partial charge on any atom is -0.311 e. The van der Waals surface area contributed by atoms with Crippen LogP contribution in [0.15, 0.2) is 35.4 Å². The molecule has 0 fully saturated rings. The molecule has 0 N–H and O–H groups in total. The molecule has 4 rings (SSSR count). The minimum atomic E-state index is -0.196. The average molecular weight is 398 g/mol. The Bertz CT molecular complexity index is 998. The second-order valence-corrected chi connectivity index (χ2v) is 9.29. The summed E-state index contributed by atoms with van der Waals surface area (Å²) < 4.78 is 0. The number of rotatable bonds is 4. The highest BCUT2D eigenvalue weighted by molar-refractivity contribution is 8.00. The molecule has 0 spiro atoms. The van der Waals surface area contributed by atoms with E-state index in [2.05, 4.69) is 35.1 Å². The van der Waals surface area contributed by atoms with Gasteiger partial charge in [0, 0.05) is 22.5 Å². The van der Waals surface area contributed by atoms with Crippen molar-refractivity contribution >= 4 is 44.9 Å². The van der Waals surface area contributed by atoms with Gasteiger partial charge in [-0.2, -0.15) is 0 Å². The van der Waals surface area contributed by atoms with E-state index in [0.29, 0.717) is 0 Å². The molecule has 1 unspecified atom stereocenters. The molecule has 2 aromatic heterocycles. The summed E-state index contributed by atoms with van der Waals surface area (Å²) in [6.45, 7) is 6.85.